The highest BCUT2D eigenvalue weighted by Gasteiger charge is 2.05. The van der Waals surface area contributed by atoms with E-state index in [1.165, 1.54) is 13.2 Å². The number of carbonyl (C=O) groups excluding carboxylic acids is 1. The van der Waals surface area contributed by atoms with Gasteiger partial charge < -0.3 is 9.47 Å². The molecule has 3 nitrogen and oxygen atoms in total. The van der Waals surface area contributed by atoms with E-state index >= 15 is 0 Å². The van der Waals surface area contributed by atoms with Crippen LogP contribution in [0, 0.1) is 0 Å². The van der Waals surface area contributed by atoms with Gasteiger partial charge in [0.1, 0.15) is 5.75 Å². The van der Waals surface area contributed by atoms with Crippen LogP contribution in [0.2, 0.25) is 0 Å². The SMILES string of the molecule is COC(=O)/C=C/c1ccc2ccccc2c1OC. The standard InChI is InChI=1S/C15H14O3/c1-17-14(16)10-9-12-8-7-11-5-3-4-6-13(11)15(12)18-2/h3-10H,1-2H3/b10-9+. The Kier molecular flexibility index (Phi) is 3.63. The molecular formula is C15H14O3. The van der Waals surface area contributed by atoms with Crippen molar-refractivity contribution < 1.29 is 14.3 Å². The molecule has 92 valence electrons. The van der Waals surface area contributed by atoms with Gasteiger partial charge in [-0.25, -0.2) is 4.79 Å². The molecule has 3 heteroatoms. The zero-order valence-electron chi connectivity index (χ0n) is 10.3. The Bertz CT molecular complexity index is 600. The predicted molar refractivity (Wildman–Crippen MR) is 71.6 cm³/mol. The van der Waals surface area contributed by atoms with E-state index < -0.39 is 0 Å². The van der Waals surface area contributed by atoms with Crippen LogP contribution in [0.15, 0.2) is 42.5 Å². The number of carbonyl (C=O) groups is 1. The van der Waals surface area contributed by atoms with Crippen molar-refractivity contribution in [2.45, 2.75) is 0 Å². The Labute approximate surface area is 106 Å². The number of esters is 1. The molecule has 0 aliphatic rings. The van der Waals surface area contributed by atoms with Gasteiger partial charge >= 0.3 is 5.97 Å². The summed E-state index contributed by atoms with van der Waals surface area (Å²) < 4.78 is 9.99. The molecule has 0 aromatic heterocycles. The first-order valence-electron chi connectivity index (χ1n) is 5.58. The summed E-state index contributed by atoms with van der Waals surface area (Å²) in [5.41, 5.74) is 0.849. The van der Waals surface area contributed by atoms with Gasteiger partial charge in [0.15, 0.2) is 0 Å². The van der Waals surface area contributed by atoms with Crippen LogP contribution in [-0.4, -0.2) is 20.2 Å². The second kappa shape index (κ2) is 5.36. The maximum absolute atomic E-state index is 11.1. The highest BCUT2D eigenvalue weighted by atomic mass is 16.5. The van der Waals surface area contributed by atoms with Gasteiger partial charge in [-0.05, 0) is 11.5 Å². The molecule has 2 aromatic rings. The lowest BCUT2D eigenvalue weighted by Gasteiger charge is -2.08. The Morgan fingerprint density at radius 3 is 2.61 bits per heavy atom. The molecule has 0 aliphatic heterocycles. The normalized spacial score (nSPS) is 10.8. The molecule has 0 N–H and O–H groups in total. The van der Waals surface area contributed by atoms with Crippen LogP contribution in [-0.2, 0) is 9.53 Å². The topological polar surface area (TPSA) is 35.5 Å². The van der Waals surface area contributed by atoms with Crippen LogP contribution < -0.4 is 4.74 Å². The van der Waals surface area contributed by atoms with Crippen molar-refractivity contribution in [3.63, 3.8) is 0 Å². The van der Waals surface area contributed by atoms with E-state index in [9.17, 15) is 4.79 Å². The van der Waals surface area contributed by atoms with E-state index in [0.29, 0.717) is 0 Å². The molecule has 0 atom stereocenters. The minimum Gasteiger partial charge on any atom is -0.495 e. The Hall–Kier alpha value is -2.29. The number of hydrogen-bond donors (Lipinski definition) is 0. The van der Waals surface area contributed by atoms with Gasteiger partial charge in [-0.1, -0.05) is 36.4 Å². The van der Waals surface area contributed by atoms with Crippen LogP contribution in [0.5, 0.6) is 5.75 Å². The second-order valence-electron chi connectivity index (χ2n) is 3.77. The quantitative estimate of drug-likeness (QED) is 0.613. The van der Waals surface area contributed by atoms with E-state index in [2.05, 4.69) is 4.74 Å². The fourth-order valence-corrected chi connectivity index (χ4v) is 1.84. The Morgan fingerprint density at radius 1 is 1.11 bits per heavy atom. The number of ether oxygens (including phenoxy) is 2. The minimum absolute atomic E-state index is 0.384. The number of fused-ring (bicyclic) bond motifs is 1. The molecule has 0 bridgehead atoms. The number of benzene rings is 2. The largest absolute Gasteiger partial charge is 0.495 e. The van der Waals surface area contributed by atoms with E-state index in [0.717, 1.165) is 22.1 Å². The average molecular weight is 242 g/mol. The van der Waals surface area contributed by atoms with Gasteiger partial charge in [0.25, 0.3) is 0 Å². The van der Waals surface area contributed by atoms with Crippen LogP contribution in [0.25, 0.3) is 16.8 Å². The first kappa shape index (κ1) is 12.2. The van der Waals surface area contributed by atoms with Gasteiger partial charge in [-0.15, -0.1) is 0 Å². The highest BCUT2D eigenvalue weighted by Crippen LogP contribution is 2.30. The third kappa shape index (κ3) is 2.35. The maximum atomic E-state index is 11.1. The number of hydrogen-bond acceptors (Lipinski definition) is 3. The van der Waals surface area contributed by atoms with Gasteiger partial charge in [0.05, 0.1) is 14.2 Å². The molecule has 0 heterocycles. The summed E-state index contributed by atoms with van der Waals surface area (Å²) in [6.45, 7) is 0. The molecule has 2 rings (SSSR count). The third-order valence-corrected chi connectivity index (χ3v) is 2.71. The van der Waals surface area contributed by atoms with Gasteiger partial charge in [0, 0.05) is 17.0 Å². The molecule has 0 saturated heterocycles. The summed E-state index contributed by atoms with van der Waals surface area (Å²) in [6, 6.07) is 11.9. The van der Waals surface area contributed by atoms with Crippen molar-refractivity contribution in [2.24, 2.45) is 0 Å². The molecule has 0 spiro atoms. The van der Waals surface area contributed by atoms with E-state index in [-0.39, 0.29) is 5.97 Å². The van der Waals surface area contributed by atoms with Crippen molar-refractivity contribution in [2.75, 3.05) is 14.2 Å². The predicted octanol–water partition coefficient (Wildman–Crippen LogP) is 3.03. The molecule has 0 aliphatic carbocycles. The smallest absolute Gasteiger partial charge is 0.330 e. The zero-order valence-corrected chi connectivity index (χ0v) is 10.3. The lowest BCUT2D eigenvalue weighted by atomic mass is 10.0. The highest BCUT2D eigenvalue weighted by molar-refractivity contribution is 5.94. The molecular weight excluding hydrogens is 228 g/mol. The zero-order chi connectivity index (χ0) is 13.0. The summed E-state index contributed by atoms with van der Waals surface area (Å²) in [5, 5.41) is 2.12. The minimum atomic E-state index is -0.384. The lowest BCUT2D eigenvalue weighted by molar-refractivity contribution is -0.134. The summed E-state index contributed by atoms with van der Waals surface area (Å²) in [5.74, 6) is 0.374. The summed E-state index contributed by atoms with van der Waals surface area (Å²) in [4.78, 5) is 11.1. The molecule has 0 unspecified atom stereocenters. The molecule has 2 aromatic carbocycles. The molecule has 0 amide bonds. The first-order valence-corrected chi connectivity index (χ1v) is 5.58. The van der Waals surface area contributed by atoms with Crippen molar-refractivity contribution >= 4 is 22.8 Å². The summed E-state index contributed by atoms with van der Waals surface area (Å²) >= 11 is 0. The Balaban J connectivity index is 2.51. The summed E-state index contributed by atoms with van der Waals surface area (Å²) in [6.07, 6.45) is 3.07. The average Bonchev–Trinajstić information content (AvgIpc) is 2.43. The Morgan fingerprint density at radius 2 is 1.89 bits per heavy atom. The van der Waals surface area contributed by atoms with Crippen molar-refractivity contribution in [1.82, 2.24) is 0 Å². The number of methoxy groups -OCH3 is 2. The molecule has 0 saturated carbocycles. The van der Waals surface area contributed by atoms with Gasteiger partial charge in [-0.2, -0.15) is 0 Å². The fraction of sp³-hybridized carbons (Fsp3) is 0.133. The van der Waals surface area contributed by atoms with Crippen molar-refractivity contribution in [3.8, 4) is 5.75 Å². The van der Waals surface area contributed by atoms with E-state index in [1.54, 1.807) is 13.2 Å². The van der Waals surface area contributed by atoms with Crippen LogP contribution >= 0.6 is 0 Å². The van der Waals surface area contributed by atoms with Crippen LogP contribution in [0.3, 0.4) is 0 Å². The molecule has 0 fully saturated rings. The van der Waals surface area contributed by atoms with Gasteiger partial charge in [0.2, 0.25) is 0 Å². The second-order valence-corrected chi connectivity index (χ2v) is 3.77. The van der Waals surface area contributed by atoms with Crippen molar-refractivity contribution in [3.05, 3.63) is 48.0 Å². The summed E-state index contributed by atoms with van der Waals surface area (Å²) in [7, 11) is 2.97. The number of rotatable bonds is 3. The van der Waals surface area contributed by atoms with E-state index in [4.69, 9.17) is 4.74 Å². The van der Waals surface area contributed by atoms with Crippen LogP contribution in [0.1, 0.15) is 5.56 Å². The third-order valence-electron chi connectivity index (χ3n) is 2.71. The maximum Gasteiger partial charge on any atom is 0.330 e. The van der Waals surface area contributed by atoms with Crippen LogP contribution in [0.4, 0.5) is 0 Å². The fourth-order valence-electron chi connectivity index (χ4n) is 1.84. The van der Waals surface area contributed by atoms with Crippen molar-refractivity contribution in [1.29, 1.82) is 0 Å². The monoisotopic (exact) mass is 242 g/mol. The molecule has 18 heavy (non-hydrogen) atoms. The molecule has 0 radical (unpaired) electrons. The lowest BCUT2D eigenvalue weighted by Crippen LogP contribution is -1.94. The van der Waals surface area contributed by atoms with E-state index in [1.807, 2.05) is 36.4 Å². The van der Waals surface area contributed by atoms with Gasteiger partial charge in [-0.3, -0.25) is 0 Å². The first-order chi connectivity index (χ1) is 8.76.